The van der Waals surface area contributed by atoms with E-state index in [4.69, 9.17) is 9.47 Å². The van der Waals surface area contributed by atoms with E-state index in [1.54, 1.807) is 19.1 Å². The minimum atomic E-state index is -3.46. The zero-order valence-electron chi connectivity index (χ0n) is 16.2. The number of hydrogen-bond donors (Lipinski definition) is 1. The fourth-order valence-electron chi connectivity index (χ4n) is 2.58. The molecule has 0 aliphatic heterocycles. The van der Waals surface area contributed by atoms with Gasteiger partial charge in [-0.25, -0.2) is 13.2 Å². The Bertz CT molecular complexity index is 981. The number of carbonyl (C=O) groups excluding carboxylic acids is 2. The van der Waals surface area contributed by atoms with Crippen LogP contribution in [0.5, 0.6) is 0 Å². The van der Waals surface area contributed by atoms with E-state index >= 15 is 0 Å². The number of benzene rings is 2. The van der Waals surface area contributed by atoms with Crippen LogP contribution >= 0.6 is 0 Å². The van der Waals surface area contributed by atoms with Crippen molar-refractivity contribution in [2.75, 3.05) is 31.9 Å². The van der Waals surface area contributed by atoms with Gasteiger partial charge in [0.05, 0.1) is 29.9 Å². The summed E-state index contributed by atoms with van der Waals surface area (Å²) in [4.78, 5) is 24.5. The molecule has 1 N–H and O–H groups in total. The van der Waals surface area contributed by atoms with E-state index in [2.05, 4.69) is 5.32 Å². The minimum absolute atomic E-state index is 0.0971. The van der Waals surface area contributed by atoms with Crippen molar-refractivity contribution in [3.63, 3.8) is 0 Å². The molecule has 28 heavy (non-hydrogen) atoms. The standard InChI is InChI=1S/C20H23NO6S/c1-13-11-16(12-18(14(13)2)20(23)27-4)21-19(22)15-5-7-17(8-6-15)28(24,25)10-9-26-3/h5-8,11-12H,9-10H2,1-4H3,(H,21,22). The highest BCUT2D eigenvalue weighted by atomic mass is 32.2. The second kappa shape index (κ2) is 8.99. The number of esters is 1. The number of methoxy groups -OCH3 is 2. The van der Waals surface area contributed by atoms with Crippen LogP contribution in [0.1, 0.15) is 31.8 Å². The van der Waals surface area contributed by atoms with Crippen LogP contribution in [0.15, 0.2) is 41.3 Å². The Kier molecular flexibility index (Phi) is 6.93. The molecule has 2 aromatic rings. The first kappa shape index (κ1) is 21.6. The topological polar surface area (TPSA) is 98.8 Å². The SMILES string of the molecule is COCCS(=O)(=O)c1ccc(C(=O)Nc2cc(C)c(C)c(C(=O)OC)c2)cc1. The first-order chi connectivity index (χ1) is 13.2. The van der Waals surface area contributed by atoms with Crippen LogP contribution < -0.4 is 5.32 Å². The summed E-state index contributed by atoms with van der Waals surface area (Å²) in [6.07, 6.45) is 0. The molecule has 0 spiro atoms. The summed E-state index contributed by atoms with van der Waals surface area (Å²) in [6.45, 7) is 3.73. The van der Waals surface area contributed by atoms with Crippen molar-refractivity contribution in [2.45, 2.75) is 18.7 Å². The molecular weight excluding hydrogens is 382 g/mol. The van der Waals surface area contributed by atoms with E-state index in [0.29, 0.717) is 16.8 Å². The van der Waals surface area contributed by atoms with E-state index < -0.39 is 21.7 Å². The fraction of sp³-hybridized carbons (Fsp3) is 0.300. The highest BCUT2D eigenvalue weighted by Crippen LogP contribution is 2.22. The van der Waals surface area contributed by atoms with Gasteiger partial charge in [-0.3, -0.25) is 4.79 Å². The van der Waals surface area contributed by atoms with Crippen molar-refractivity contribution in [3.8, 4) is 0 Å². The molecule has 0 aliphatic carbocycles. The third-order valence-electron chi connectivity index (χ3n) is 4.36. The average molecular weight is 405 g/mol. The summed E-state index contributed by atoms with van der Waals surface area (Å²) in [5.41, 5.74) is 2.72. The van der Waals surface area contributed by atoms with E-state index in [9.17, 15) is 18.0 Å². The van der Waals surface area contributed by atoms with Gasteiger partial charge in [-0.2, -0.15) is 0 Å². The number of sulfone groups is 1. The summed E-state index contributed by atoms with van der Waals surface area (Å²) in [7, 11) is -0.732. The number of anilines is 1. The van der Waals surface area contributed by atoms with Crippen LogP contribution in [0.3, 0.4) is 0 Å². The van der Waals surface area contributed by atoms with Crippen molar-refractivity contribution in [2.24, 2.45) is 0 Å². The van der Waals surface area contributed by atoms with Gasteiger partial charge >= 0.3 is 5.97 Å². The average Bonchev–Trinajstić information content (AvgIpc) is 2.68. The van der Waals surface area contributed by atoms with Gasteiger partial charge < -0.3 is 14.8 Å². The quantitative estimate of drug-likeness (QED) is 0.711. The zero-order chi connectivity index (χ0) is 20.9. The summed E-state index contributed by atoms with van der Waals surface area (Å²) >= 11 is 0. The first-order valence-electron chi connectivity index (χ1n) is 8.52. The fourth-order valence-corrected chi connectivity index (χ4v) is 3.75. The molecule has 150 valence electrons. The van der Waals surface area contributed by atoms with E-state index in [-0.39, 0.29) is 17.3 Å². The second-order valence-corrected chi connectivity index (χ2v) is 8.36. The van der Waals surface area contributed by atoms with Gasteiger partial charge in [0, 0.05) is 18.4 Å². The predicted octanol–water partition coefficient (Wildman–Crippen LogP) is 2.76. The predicted molar refractivity (Wildman–Crippen MR) is 106 cm³/mol. The maximum atomic E-state index is 12.5. The lowest BCUT2D eigenvalue weighted by Crippen LogP contribution is -2.15. The van der Waals surface area contributed by atoms with Crippen LogP contribution in [0.2, 0.25) is 0 Å². The van der Waals surface area contributed by atoms with Crippen molar-refractivity contribution >= 4 is 27.4 Å². The van der Waals surface area contributed by atoms with Crippen molar-refractivity contribution in [3.05, 3.63) is 58.7 Å². The van der Waals surface area contributed by atoms with Gasteiger partial charge in [0.25, 0.3) is 5.91 Å². The van der Waals surface area contributed by atoms with E-state index in [1.807, 2.05) is 6.92 Å². The molecule has 7 nitrogen and oxygen atoms in total. The molecular formula is C20H23NO6S. The van der Waals surface area contributed by atoms with Crippen LogP contribution in [-0.4, -0.2) is 46.9 Å². The Labute approximate surface area is 164 Å². The molecule has 1 amide bonds. The maximum absolute atomic E-state index is 12.5. The highest BCUT2D eigenvalue weighted by molar-refractivity contribution is 7.91. The van der Waals surface area contributed by atoms with Gasteiger partial charge in [0.15, 0.2) is 9.84 Å². The van der Waals surface area contributed by atoms with E-state index in [1.165, 1.54) is 38.5 Å². The van der Waals surface area contributed by atoms with Gasteiger partial charge in [0.1, 0.15) is 0 Å². The number of nitrogens with one attached hydrogen (secondary N) is 1. The van der Waals surface area contributed by atoms with Crippen LogP contribution in [0.4, 0.5) is 5.69 Å². The second-order valence-electron chi connectivity index (χ2n) is 6.25. The molecule has 0 heterocycles. The molecule has 0 aliphatic rings. The summed E-state index contributed by atoms with van der Waals surface area (Å²) < 4.78 is 33.9. The number of amides is 1. The lowest BCUT2D eigenvalue weighted by Gasteiger charge is -2.12. The van der Waals surface area contributed by atoms with Gasteiger partial charge in [-0.15, -0.1) is 0 Å². The van der Waals surface area contributed by atoms with Crippen molar-refractivity contribution in [1.82, 2.24) is 0 Å². The molecule has 0 fully saturated rings. The third-order valence-corrected chi connectivity index (χ3v) is 6.06. The number of rotatable bonds is 7. The third kappa shape index (κ3) is 4.96. The molecule has 2 aromatic carbocycles. The van der Waals surface area contributed by atoms with Gasteiger partial charge in [0.2, 0.25) is 0 Å². The molecule has 0 atom stereocenters. The summed E-state index contributed by atoms with van der Waals surface area (Å²) in [6, 6.07) is 8.97. The molecule has 2 rings (SSSR count). The molecule has 0 bridgehead atoms. The van der Waals surface area contributed by atoms with Crippen molar-refractivity contribution < 1.29 is 27.5 Å². The Morgan fingerprint density at radius 3 is 2.25 bits per heavy atom. The van der Waals surface area contributed by atoms with Gasteiger partial charge in [-0.1, -0.05) is 0 Å². The Morgan fingerprint density at radius 1 is 1.04 bits per heavy atom. The number of hydrogen-bond acceptors (Lipinski definition) is 6. The Hall–Kier alpha value is -2.71. The largest absolute Gasteiger partial charge is 0.465 e. The highest BCUT2D eigenvalue weighted by Gasteiger charge is 2.17. The first-order valence-corrected chi connectivity index (χ1v) is 10.2. The normalized spacial score (nSPS) is 11.1. The lowest BCUT2D eigenvalue weighted by molar-refractivity contribution is 0.0599. The summed E-state index contributed by atoms with van der Waals surface area (Å²) in [5, 5.41) is 2.72. The van der Waals surface area contributed by atoms with E-state index in [0.717, 1.165) is 11.1 Å². The Morgan fingerprint density at radius 2 is 1.68 bits per heavy atom. The number of ether oxygens (including phenoxy) is 2. The maximum Gasteiger partial charge on any atom is 0.338 e. The van der Waals surface area contributed by atoms with Crippen molar-refractivity contribution in [1.29, 1.82) is 0 Å². The van der Waals surface area contributed by atoms with Gasteiger partial charge in [-0.05, 0) is 61.4 Å². The smallest absolute Gasteiger partial charge is 0.338 e. The molecule has 8 heteroatoms. The number of aryl methyl sites for hydroxylation is 1. The molecule has 0 unspecified atom stereocenters. The summed E-state index contributed by atoms with van der Waals surface area (Å²) in [5.74, 6) is -1.03. The molecule has 0 aromatic heterocycles. The lowest BCUT2D eigenvalue weighted by atomic mass is 10.0. The molecule has 0 saturated carbocycles. The monoisotopic (exact) mass is 405 g/mol. The zero-order valence-corrected chi connectivity index (χ0v) is 17.1. The molecule has 0 radical (unpaired) electrons. The minimum Gasteiger partial charge on any atom is -0.465 e. The van der Waals surface area contributed by atoms with Crippen LogP contribution in [0.25, 0.3) is 0 Å². The van der Waals surface area contributed by atoms with Crippen LogP contribution in [-0.2, 0) is 19.3 Å². The van der Waals surface area contributed by atoms with Crippen LogP contribution in [0, 0.1) is 13.8 Å². The molecule has 0 saturated heterocycles. The Balaban J connectivity index is 2.22. The number of carbonyl (C=O) groups is 2.